The molecule has 1 aromatic carbocycles. The van der Waals surface area contributed by atoms with Gasteiger partial charge >= 0.3 is 6.01 Å². The van der Waals surface area contributed by atoms with Gasteiger partial charge in [-0.1, -0.05) is 18.1 Å². The zero-order valence-corrected chi connectivity index (χ0v) is 16.2. The number of aliphatic hydroxyl groups is 1. The number of methoxy groups -OCH3 is 2. The fraction of sp³-hybridized carbons (Fsp3) is 0.429. The molecular formula is C21H25N3O4. The molecule has 148 valence electrons. The molecule has 1 aromatic heterocycles. The predicted octanol–water partition coefficient (Wildman–Crippen LogP) is 1.99. The van der Waals surface area contributed by atoms with E-state index in [4.69, 9.17) is 20.6 Å². The molecule has 0 amide bonds. The Morgan fingerprint density at radius 2 is 2.04 bits per heavy atom. The average Bonchev–Trinajstić information content (AvgIpc) is 2.73. The molecule has 7 nitrogen and oxygen atoms in total. The Kier molecular flexibility index (Phi) is 6.34. The van der Waals surface area contributed by atoms with Gasteiger partial charge in [-0.15, -0.1) is 6.42 Å². The van der Waals surface area contributed by atoms with E-state index >= 15 is 0 Å². The Morgan fingerprint density at radius 1 is 1.25 bits per heavy atom. The Hall–Kier alpha value is -2.82. The fourth-order valence-electron chi connectivity index (χ4n) is 3.39. The van der Waals surface area contributed by atoms with E-state index in [1.54, 1.807) is 6.20 Å². The van der Waals surface area contributed by atoms with E-state index in [9.17, 15) is 5.11 Å². The van der Waals surface area contributed by atoms with Crippen LogP contribution in [0.4, 0.5) is 0 Å². The largest absolute Gasteiger partial charge is 0.481 e. The highest BCUT2D eigenvalue weighted by Crippen LogP contribution is 2.37. The smallest absolute Gasteiger partial charge is 0.319 e. The number of benzene rings is 1. The second-order valence-electron chi connectivity index (χ2n) is 6.73. The highest BCUT2D eigenvalue weighted by molar-refractivity contribution is 5.32. The van der Waals surface area contributed by atoms with Crippen LogP contribution in [0.3, 0.4) is 0 Å². The topological polar surface area (TPSA) is 76.9 Å². The number of likely N-dealkylation sites (tertiary alicyclic amines) is 1. The molecule has 1 aliphatic heterocycles. The van der Waals surface area contributed by atoms with Crippen molar-refractivity contribution in [2.45, 2.75) is 25.0 Å². The number of hydrogen-bond acceptors (Lipinski definition) is 7. The van der Waals surface area contributed by atoms with Crippen molar-refractivity contribution in [2.75, 3.05) is 33.9 Å². The number of piperidine rings is 1. The van der Waals surface area contributed by atoms with Crippen molar-refractivity contribution in [1.82, 2.24) is 14.9 Å². The summed E-state index contributed by atoms with van der Waals surface area (Å²) < 4.78 is 15.9. The average molecular weight is 383 g/mol. The van der Waals surface area contributed by atoms with Crippen molar-refractivity contribution in [3.63, 3.8) is 0 Å². The van der Waals surface area contributed by atoms with Crippen LogP contribution in [0.15, 0.2) is 30.5 Å². The van der Waals surface area contributed by atoms with Gasteiger partial charge in [-0.05, 0) is 30.5 Å². The molecule has 1 N–H and O–H groups in total. The third-order valence-corrected chi connectivity index (χ3v) is 4.92. The molecule has 0 atom stereocenters. The molecular weight excluding hydrogens is 358 g/mol. The van der Waals surface area contributed by atoms with Crippen molar-refractivity contribution < 1.29 is 19.3 Å². The summed E-state index contributed by atoms with van der Waals surface area (Å²) in [7, 11) is 3.02. The van der Waals surface area contributed by atoms with Gasteiger partial charge in [0.1, 0.15) is 12.4 Å². The summed E-state index contributed by atoms with van der Waals surface area (Å²) in [6, 6.07) is 8.13. The van der Waals surface area contributed by atoms with E-state index in [1.165, 1.54) is 14.2 Å². The fourth-order valence-corrected chi connectivity index (χ4v) is 3.39. The summed E-state index contributed by atoms with van der Waals surface area (Å²) >= 11 is 0. The molecule has 2 aromatic rings. The van der Waals surface area contributed by atoms with E-state index in [1.807, 2.05) is 18.2 Å². The summed E-state index contributed by atoms with van der Waals surface area (Å²) in [6.45, 7) is 2.51. The number of hydrogen-bond donors (Lipinski definition) is 1. The molecule has 1 aliphatic rings. The van der Waals surface area contributed by atoms with E-state index in [2.05, 4.69) is 26.9 Å². The first-order valence-electron chi connectivity index (χ1n) is 9.13. The van der Waals surface area contributed by atoms with E-state index in [0.717, 1.165) is 30.9 Å². The minimum atomic E-state index is -1.02. The number of nitrogens with zero attached hydrogens (tertiary/aromatic N) is 3. The molecule has 2 heterocycles. The van der Waals surface area contributed by atoms with Crippen LogP contribution in [-0.2, 0) is 12.1 Å². The zero-order valence-electron chi connectivity index (χ0n) is 16.2. The Bertz CT molecular complexity index is 842. The summed E-state index contributed by atoms with van der Waals surface area (Å²) in [5.41, 5.74) is 0.719. The van der Waals surface area contributed by atoms with Gasteiger partial charge in [-0.3, -0.25) is 4.90 Å². The lowest BCUT2D eigenvalue weighted by Crippen LogP contribution is -2.42. The quantitative estimate of drug-likeness (QED) is 0.733. The molecule has 0 aliphatic carbocycles. The van der Waals surface area contributed by atoms with Crippen LogP contribution >= 0.6 is 0 Å². The molecule has 0 saturated carbocycles. The lowest BCUT2D eigenvalue weighted by atomic mass is 9.85. The van der Waals surface area contributed by atoms with Crippen molar-refractivity contribution in [3.8, 4) is 30.0 Å². The second kappa shape index (κ2) is 8.91. The van der Waals surface area contributed by atoms with Crippen molar-refractivity contribution in [1.29, 1.82) is 0 Å². The van der Waals surface area contributed by atoms with Crippen LogP contribution in [0.1, 0.15) is 24.0 Å². The molecule has 7 heteroatoms. The Balaban J connectivity index is 1.65. The van der Waals surface area contributed by atoms with Gasteiger partial charge in [-0.2, -0.15) is 4.98 Å². The SMILES string of the molecule is C#CCOc1cccc(CN2CCC(O)(c3cnc(OC)nc3OC)CC2)c1. The van der Waals surface area contributed by atoms with Crippen molar-refractivity contribution >= 4 is 0 Å². The standard InChI is InChI=1S/C21H25N3O4/c1-4-12-28-17-7-5-6-16(13-17)15-24-10-8-21(25,9-11-24)18-14-22-20(27-3)23-19(18)26-2/h1,5-7,13-14,25H,8-12,15H2,2-3H3. The van der Waals surface area contributed by atoms with Crippen LogP contribution < -0.4 is 14.2 Å². The van der Waals surface area contributed by atoms with Crippen LogP contribution in [0, 0.1) is 12.3 Å². The number of aromatic nitrogens is 2. The Labute approximate surface area is 165 Å². The third kappa shape index (κ3) is 4.53. The molecule has 1 saturated heterocycles. The van der Waals surface area contributed by atoms with Gasteiger partial charge in [0, 0.05) is 25.8 Å². The summed E-state index contributed by atoms with van der Waals surface area (Å²) in [5, 5.41) is 11.2. The molecule has 0 spiro atoms. The molecule has 0 bridgehead atoms. The van der Waals surface area contributed by atoms with E-state index in [-0.39, 0.29) is 12.6 Å². The van der Waals surface area contributed by atoms with Crippen LogP contribution in [0.5, 0.6) is 17.6 Å². The van der Waals surface area contributed by atoms with Gasteiger partial charge in [0.05, 0.1) is 25.4 Å². The second-order valence-corrected chi connectivity index (χ2v) is 6.73. The summed E-state index contributed by atoms with van der Waals surface area (Å²) in [5.74, 6) is 3.59. The van der Waals surface area contributed by atoms with E-state index in [0.29, 0.717) is 24.3 Å². The molecule has 0 unspecified atom stereocenters. The lowest BCUT2D eigenvalue weighted by molar-refractivity contribution is -0.0300. The van der Waals surface area contributed by atoms with Gasteiger partial charge in [-0.25, -0.2) is 4.98 Å². The third-order valence-electron chi connectivity index (χ3n) is 4.92. The van der Waals surface area contributed by atoms with Crippen LogP contribution in [-0.4, -0.2) is 53.9 Å². The van der Waals surface area contributed by atoms with Gasteiger partial charge in [0.2, 0.25) is 5.88 Å². The highest BCUT2D eigenvalue weighted by Gasteiger charge is 2.37. The molecule has 28 heavy (non-hydrogen) atoms. The normalized spacial score (nSPS) is 16.2. The maximum atomic E-state index is 11.2. The summed E-state index contributed by atoms with van der Waals surface area (Å²) in [6.07, 6.45) is 7.96. The first kappa shape index (κ1) is 19.9. The maximum Gasteiger partial charge on any atom is 0.319 e. The van der Waals surface area contributed by atoms with Crippen LogP contribution in [0.25, 0.3) is 0 Å². The first-order chi connectivity index (χ1) is 13.6. The summed E-state index contributed by atoms with van der Waals surface area (Å²) in [4.78, 5) is 10.6. The van der Waals surface area contributed by atoms with Gasteiger partial charge < -0.3 is 19.3 Å². The molecule has 3 rings (SSSR count). The van der Waals surface area contributed by atoms with Crippen molar-refractivity contribution in [3.05, 3.63) is 41.6 Å². The molecule has 1 fully saturated rings. The minimum absolute atomic E-state index is 0.216. The lowest BCUT2D eigenvalue weighted by Gasteiger charge is -2.38. The van der Waals surface area contributed by atoms with Crippen molar-refractivity contribution in [2.24, 2.45) is 0 Å². The maximum absolute atomic E-state index is 11.2. The molecule has 0 radical (unpaired) electrons. The predicted molar refractivity (Wildman–Crippen MR) is 104 cm³/mol. The monoisotopic (exact) mass is 383 g/mol. The van der Waals surface area contributed by atoms with Crippen LogP contribution in [0.2, 0.25) is 0 Å². The first-order valence-corrected chi connectivity index (χ1v) is 9.13. The minimum Gasteiger partial charge on any atom is -0.481 e. The van der Waals surface area contributed by atoms with Gasteiger partial charge in [0.25, 0.3) is 0 Å². The van der Waals surface area contributed by atoms with Gasteiger partial charge in [0.15, 0.2) is 0 Å². The highest BCUT2D eigenvalue weighted by atomic mass is 16.5. The zero-order chi connectivity index (χ0) is 20.0. The van der Waals surface area contributed by atoms with E-state index < -0.39 is 5.60 Å². The number of ether oxygens (including phenoxy) is 3. The Morgan fingerprint density at radius 3 is 2.71 bits per heavy atom. The number of terminal acetylenes is 1. The number of rotatable bonds is 7.